The van der Waals surface area contributed by atoms with Gasteiger partial charge in [-0.3, -0.25) is 4.79 Å². The molecule has 140 valence electrons. The Labute approximate surface area is 165 Å². The van der Waals surface area contributed by atoms with Gasteiger partial charge in [0.2, 0.25) is 0 Å². The first kappa shape index (κ1) is 19.3. The van der Waals surface area contributed by atoms with Crippen molar-refractivity contribution in [3.05, 3.63) is 64.5 Å². The molecule has 0 saturated heterocycles. The van der Waals surface area contributed by atoms with Gasteiger partial charge >= 0.3 is 0 Å². The standard InChI is InChI=1S/C19H17ClN2O4S/c1-12-9-15(7-8-16(12)20)25-10-18-21-22-19(26-18)27-11-17(23)13-3-5-14(24-2)6-4-13/h3-9H,10-11H2,1-2H3. The molecule has 3 aromatic rings. The van der Waals surface area contributed by atoms with Gasteiger partial charge in [0.05, 0.1) is 12.9 Å². The summed E-state index contributed by atoms with van der Waals surface area (Å²) in [6.45, 7) is 2.04. The second-order valence-corrected chi connectivity index (χ2v) is 6.94. The summed E-state index contributed by atoms with van der Waals surface area (Å²) in [5, 5.41) is 8.86. The van der Waals surface area contributed by atoms with Gasteiger partial charge in [-0.25, -0.2) is 0 Å². The summed E-state index contributed by atoms with van der Waals surface area (Å²) in [6, 6.07) is 12.3. The van der Waals surface area contributed by atoms with Crippen LogP contribution in [0.2, 0.25) is 5.02 Å². The summed E-state index contributed by atoms with van der Waals surface area (Å²) in [6.07, 6.45) is 0. The zero-order chi connectivity index (χ0) is 19.2. The van der Waals surface area contributed by atoms with Gasteiger partial charge in [0.15, 0.2) is 12.4 Å². The van der Waals surface area contributed by atoms with Crippen LogP contribution in [0.25, 0.3) is 0 Å². The topological polar surface area (TPSA) is 74.5 Å². The number of carbonyl (C=O) groups is 1. The molecule has 0 aliphatic heterocycles. The van der Waals surface area contributed by atoms with Crippen LogP contribution in [0.3, 0.4) is 0 Å². The predicted molar refractivity (Wildman–Crippen MR) is 103 cm³/mol. The molecule has 0 spiro atoms. The molecule has 2 aromatic carbocycles. The molecular weight excluding hydrogens is 388 g/mol. The third-order valence-corrected chi connectivity index (χ3v) is 4.92. The number of Topliss-reactive ketones (excluding diaryl/α,β-unsaturated/α-hetero) is 1. The molecule has 1 heterocycles. The van der Waals surface area contributed by atoms with Crippen LogP contribution < -0.4 is 9.47 Å². The minimum atomic E-state index is -0.0321. The molecule has 27 heavy (non-hydrogen) atoms. The summed E-state index contributed by atoms with van der Waals surface area (Å²) in [5.74, 6) is 1.87. The summed E-state index contributed by atoms with van der Waals surface area (Å²) in [5.41, 5.74) is 1.53. The van der Waals surface area contributed by atoms with Gasteiger partial charge in [0, 0.05) is 10.6 Å². The number of hydrogen-bond donors (Lipinski definition) is 0. The van der Waals surface area contributed by atoms with E-state index in [1.54, 1.807) is 43.5 Å². The van der Waals surface area contributed by atoms with E-state index in [1.165, 1.54) is 11.8 Å². The average molecular weight is 405 g/mol. The van der Waals surface area contributed by atoms with E-state index in [-0.39, 0.29) is 18.1 Å². The third kappa shape index (κ3) is 5.24. The molecule has 0 bridgehead atoms. The number of nitrogens with zero attached hydrogens (tertiary/aromatic N) is 2. The molecule has 0 unspecified atom stereocenters. The maximum Gasteiger partial charge on any atom is 0.277 e. The molecule has 0 N–H and O–H groups in total. The highest BCUT2D eigenvalue weighted by Crippen LogP contribution is 2.23. The molecule has 0 saturated carbocycles. The Morgan fingerprint density at radius 2 is 1.89 bits per heavy atom. The van der Waals surface area contributed by atoms with Gasteiger partial charge in [0.1, 0.15) is 11.5 Å². The number of ether oxygens (including phenoxy) is 2. The van der Waals surface area contributed by atoms with Gasteiger partial charge < -0.3 is 13.9 Å². The summed E-state index contributed by atoms with van der Waals surface area (Å²) in [7, 11) is 1.58. The fourth-order valence-electron chi connectivity index (χ4n) is 2.19. The lowest BCUT2D eigenvalue weighted by molar-refractivity contribution is 0.102. The van der Waals surface area contributed by atoms with Gasteiger partial charge in [-0.1, -0.05) is 23.4 Å². The molecule has 6 nitrogen and oxygen atoms in total. The van der Waals surface area contributed by atoms with E-state index >= 15 is 0 Å². The number of benzene rings is 2. The highest BCUT2D eigenvalue weighted by molar-refractivity contribution is 7.99. The Kier molecular flexibility index (Phi) is 6.36. The van der Waals surface area contributed by atoms with E-state index in [2.05, 4.69) is 10.2 Å². The number of hydrogen-bond acceptors (Lipinski definition) is 7. The van der Waals surface area contributed by atoms with Crippen LogP contribution in [0.4, 0.5) is 0 Å². The lowest BCUT2D eigenvalue weighted by Crippen LogP contribution is -2.02. The van der Waals surface area contributed by atoms with Gasteiger partial charge in [-0.2, -0.15) is 0 Å². The van der Waals surface area contributed by atoms with E-state index in [4.69, 9.17) is 25.5 Å². The first-order chi connectivity index (χ1) is 13.0. The summed E-state index contributed by atoms with van der Waals surface area (Å²) >= 11 is 7.17. The van der Waals surface area contributed by atoms with Gasteiger partial charge in [0.25, 0.3) is 11.1 Å². The zero-order valence-corrected chi connectivity index (χ0v) is 16.3. The molecule has 3 rings (SSSR count). The van der Waals surface area contributed by atoms with Crippen LogP contribution in [0.1, 0.15) is 21.8 Å². The van der Waals surface area contributed by atoms with Crippen LogP contribution in [0.5, 0.6) is 11.5 Å². The van der Waals surface area contributed by atoms with Crippen LogP contribution in [0.15, 0.2) is 52.1 Å². The molecule has 0 atom stereocenters. The monoisotopic (exact) mass is 404 g/mol. The SMILES string of the molecule is COc1ccc(C(=O)CSc2nnc(COc3ccc(Cl)c(C)c3)o2)cc1. The van der Waals surface area contributed by atoms with Crippen molar-refractivity contribution < 1.29 is 18.7 Å². The number of methoxy groups -OCH3 is 1. The third-order valence-electron chi connectivity index (χ3n) is 3.68. The Bertz CT molecular complexity index is 928. The molecule has 1 aromatic heterocycles. The first-order valence-corrected chi connectivity index (χ1v) is 9.43. The van der Waals surface area contributed by atoms with Crippen molar-refractivity contribution in [3.63, 3.8) is 0 Å². The van der Waals surface area contributed by atoms with Crippen LogP contribution >= 0.6 is 23.4 Å². The maximum atomic E-state index is 12.2. The summed E-state index contributed by atoms with van der Waals surface area (Å²) in [4.78, 5) is 12.2. The number of rotatable bonds is 8. The minimum Gasteiger partial charge on any atom is -0.497 e. The highest BCUT2D eigenvalue weighted by atomic mass is 35.5. The molecule has 0 fully saturated rings. The van der Waals surface area contributed by atoms with E-state index in [0.717, 1.165) is 5.56 Å². The van der Waals surface area contributed by atoms with Crippen molar-refractivity contribution in [3.8, 4) is 11.5 Å². The molecule has 0 radical (unpaired) electrons. The number of ketones is 1. The van der Waals surface area contributed by atoms with Crippen molar-refractivity contribution in [2.24, 2.45) is 0 Å². The van der Waals surface area contributed by atoms with Crippen molar-refractivity contribution in [1.82, 2.24) is 10.2 Å². The zero-order valence-electron chi connectivity index (χ0n) is 14.8. The number of thioether (sulfide) groups is 1. The van der Waals surface area contributed by atoms with Crippen LogP contribution in [-0.2, 0) is 6.61 Å². The fraction of sp³-hybridized carbons (Fsp3) is 0.211. The predicted octanol–water partition coefficient (Wildman–Crippen LogP) is 4.59. The smallest absolute Gasteiger partial charge is 0.277 e. The van der Waals surface area contributed by atoms with Crippen molar-refractivity contribution >= 4 is 29.1 Å². The fourth-order valence-corrected chi connectivity index (χ4v) is 2.99. The van der Waals surface area contributed by atoms with Crippen molar-refractivity contribution in [2.45, 2.75) is 18.8 Å². The highest BCUT2D eigenvalue weighted by Gasteiger charge is 2.12. The van der Waals surface area contributed by atoms with E-state index < -0.39 is 0 Å². The van der Waals surface area contributed by atoms with Gasteiger partial charge in [-0.15, -0.1) is 10.2 Å². The average Bonchev–Trinajstić information content (AvgIpc) is 3.15. The molecule has 0 amide bonds. The molecular formula is C19H17ClN2O4S. The molecule has 0 aliphatic rings. The van der Waals surface area contributed by atoms with E-state index in [1.807, 2.05) is 13.0 Å². The number of aromatic nitrogens is 2. The van der Waals surface area contributed by atoms with Crippen molar-refractivity contribution in [1.29, 1.82) is 0 Å². The first-order valence-electron chi connectivity index (χ1n) is 8.06. The molecule has 0 aliphatic carbocycles. The lowest BCUT2D eigenvalue weighted by atomic mass is 10.1. The van der Waals surface area contributed by atoms with Crippen molar-refractivity contribution in [2.75, 3.05) is 12.9 Å². The number of carbonyl (C=O) groups excluding carboxylic acids is 1. The summed E-state index contributed by atoms with van der Waals surface area (Å²) < 4.78 is 16.2. The van der Waals surface area contributed by atoms with Crippen LogP contribution in [-0.4, -0.2) is 28.8 Å². The van der Waals surface area contributed by atoms with Crippen LogP contribution in [0, 0.1) is 6.92 Å². The minimum absolute atomic E-state index is 0.0321. The quantitative estimate of drug-likeness (QED) is 0.401. The van der Waals surface area contributed by atoms with E-state index in [0.29, 0.717) is 33.2 Å². The second-order valence-electron chi connectivity index (χ2n) is 5.60. The van der Waals surface area contributed by atoms with Gasteiger partial charge in [-0.05, 0) is 55.0 Å². The Hall–Kier alpha value is -2.51. The Balaban J connectivity index is 1.51. The Morgan fingerprint density at radius 1 is 1.15 bits per heavy atom. The lowest BCUT2D eigenvalue weighted by Gasteiger charge is -2.05. The Morgan fingerprint density at radius 3 is 2.59 bits per heavy atom. The van der Waals surface area contributed by atoms with E-state index in [9.17, 15) is 4.79 Å². The maximum absolute atomic E-state index is 12.2. The largest absolute Gasteiger partial charge is 0.497 e. The number of aryl methyl sites for hydroxylation is 1. The second kappa shape index (κ2) is 8.92. The molecule has 8 heteroatoms. The number of halogens is 1. The normalized spacial score (nSPS) is 10.6.